The van der Waals surface area contributed by atoms with Crippen LogP contribution in [0.5, 0.6) is 5.75 Å². The zero-order chi connectivity index (χ0) is 26.8. The van der Waals surface area contributed by atoms with E-state index < -0.39 is 17.8 Å². The van der Waals surface area contributed by atoms with E-state index in [2.05, 4.69) is 4.57 Å². The van der Waals surface area contributed by atoms with Gasteiger partial charge in [-0.05, 0) is 61.4 Å². The van der Waals surface area contributed by atoms with Crippen molar-refractivity contribution < 1.29 is 28.6 Å². The third-order valence-corrected chi connectivity index (χ3v) is 7.29. The summed E-state index contributed by atoms with van der Waals surface area (Å²) < 4.78 is 28.2. The van der Waals surface area contributed by atoms with Gasteiger partial charge in [0.1, 0.15) is 24.0 Å². The van der Waals surface area contributed by atoms with Crippen LogP contribution in [-0.2, 0) is 11.3 Å². The van der Waals surface area contributed by atoms with E-state index >= 15 is 4.39 Å². The number of halogens is 2. The predicted molar refractivity (Wildman–Crippen MR) is 141 cm³/mol. The molecule has 0 amide bonds. The highest BCUT2D eigenvalue weighted by Crippen LogP contribution is 2.37. The average Bonchev–Trinajstić information content (AvgIpc) is 3.31. The minimum Gasteiger partial charge on any atom is -0.489 e. The first-order chi connectivity index (χ1) is 18.4. The number of carboxylic acid groups (broad SMARTS) is 1. The van der Waals surface area contributed by atoms with Crippen molar-refractivity contribution in [1.82, 2.24) is 9.55 Å². The summed E-state index contributed by atoms with van der Waals surface area (Å²) in [6.45, 7) is -0.0182. The van der Waals surface area contributed by atoms with Crippen LogP contribution in [-0.4, -0.2) is 33.7 Å². The summed E-state index contributed by atoms with van der Waals surface area (Å²) in [5, 5.41) is 9.58. The number of imidazole rings is 1. The molecule has 7 nitrogen and oxygen atoms in total. The molecule has 0 atom stereocenters. The molecule has 1 aliphatic carbocycles. The molecule has 1 heterocycles. The lowest BCUT2D eigenvalue weighted by atomic mass is 9.94. The largest absolute Gasteiger partial charge is 0.489 e. The van der Waals surface area contributed by atoms with Gasteiger partial charge in [-0.15, -0.1) is 0 Å². The Morgan fingerprint density at radius 3 is 2.53 bits per heavy atom. The molecule has 0 bridgehead atoms. The van der Waals surface area contributed by atoms with Gasteiger partial charge in [-0.2, -0.15) is 0 Å². The Morgan fingerprint density at radius 1 is 1.05 bits per heavy atom. The maximum atomic E-state index is 15.5. The molecule has 0 radical (unpaired) electrons. The number of fused-ring (bicyclic) bond motifs is 1. The molecule has 3 aromatic carbocycles. The van der Waals surface area contributed by atoms with Crippen molar-refractivity contribution in [2.45, 2.75) is 44.8 Å². The monoisotopic (exact) mass is 536 g/mol. The molecule has 1 aliphatic rings. The van der Waals surface area contributed by atoms with Gasteiger partial charge in [0.2, 0.25) is 0 Å². The minimum atomic E-state index is -1.07. The first-order valence-corrected chi connectivity index (χ1v) is 12.8. The Kier molecular flexibility index (Phi) is 7.33. The normalized spacial score (nSPS) is 14.0. The van der Waals surface area contributed by atoms with Gasteiger partial charge in [0.25, 0.3) is 0 Å². The van der Waals surface area contributed by atoms with Gasteiger partial charge in [-0.3, -0.25) is 0 Å². The van der Waals surface area contributed by atoms with E-state index in [9.17, 15) is 14.7 Å². The van der Waals surface area contributed by atoms with Gasteiger partial charge in [0.05, 0.1) is 34.8 Å². The van der Waals surface area contributed by atoms with Crippen molar-refractivity contribution in [3.05, 3.63) is 82.1 Å². The van der Waals surface area contributed by atoms with E-state index in [1.165, 1.54) is 37.8 Å². The summed E-state index contributed by atoms with van der Waals surface area (Å²) in [6, 6.07) is 14.3. The molecule has 0 saturated heterocycles. The van der Waals surface area contributed by atoms with Crippen molar-refractivity contribution >= 4 is 34.6 Å². The van der Waals surface area contributed by atoms with Gasteiger partial charge >= 0.3 is 11.9 Å². The number of carboxylic acids is 1. The molecule has 0 unspecified atom stereocenters. The van der Waals surface area contributed by atoms with Crippen LogP contribution in [0.4, 0.5) is 4.39 Å². The number of ether oxygens (including phenoxy) is 2. The number of benzene rings is 3. The van der Waals surface area contributed by atoms with Gasteiger partial charge in [-0.1, -0.05) is 30.9 Å². The summed E-state index contributed by atoms with van der Waals surface area (Å²) in [5.74, 6) is -1.26. The summed E-state index contributed by atoms with van der Waals surface area (Å²) in [7, 11) is 1.33. The number of esters is 1. The van der Waals surface area contributed by atoms with Gasteiger partial charge in [0, 0.05) is 22.7 Å². The number of carbonyl (C=O) groups is 2. The van der Waals surface area contributed by atoms with E-state index in [4.69, 9.17) is 26.1 Å². The number of aromatic carboxylic acids is 1. The van der Waals surface area contributed by atoms with Crippen molar-refractivity contribution in [1.29, 1.82) is 0 Å². The Bertz CT molecular complexity index is 1530. The van der Waals surface area contributed by atoms with Gasteiger partial charge in [0.15, 0.2) is 0 Å². The quantitative estimate of drug-likeness (QED) is 0.254. The number of nitrogens with zero attached hydrogens (tertiary/aromatic N) is 2. The Morgan fingerprint density at radius 2 is 1.82 bits per heavy atom. The molecule has 1 N–H and O–H groups in total. The molecule has 1 aromatic heterocycles. The number of hydrogen-bond acceptors (Lipinski definition) is 5. The zero-order valence-electron chi connectivity index (χ0n) is 20.7. The predicted octanol–water partition coefficient (Wildman–Crippen LogP) is 7.06. The Balaban J connectivity index is 1.49. The maximum absolute atomic E-state index is 15.5. The molecule has 1 saturated carbocycles. The number of carbonyl (C=O) groups excluding carboxylic acids is 1. The van der Waals surface area contributed by atoms with Crippen molar-refractivity contribution in [2.75, 3.05) is 7.11 Å². The molecule has 1 fully saturated rings. The van der Waals surface area contributed by atoms with Gasteiger partial charge in [-0.25, -0.2) is 19.0 Å². The number of aromatic nitrogens is 2. The SMILES string of the molecule is COC(=O)c1ccc2c(c1)nc(-c1ccc(OCc3cc(C(=O)O)ccc3Cl)cc1F)n2C1CCCCC1. The standard InChI is InChI=1S/C29H26ClFN2O5/c1-37-29(36)18-8-12-26-25(14-18)32-27(33(26)20-5-3-2-4-6-20)22-10-9-21(15-24(22)31)38-16-19-13-17(28(34)35)7-11-23(19)30/h7-15,20H,2-6,16H2,1H3,(H,34,35). The Hall–Kier alpha value is -3.91. The maximum Gasteiger partial charge on any atom is 0.337 e. The fourth-order valence-corrected chi connectivity index (χ4v) is 5.16. The summed E-state index contributed by atoms with van der Waals surface area (Å²) >= 11 is 6.19. The second kappa shape index (κ2) is 10.8. The highest BCUT2D eigenvalue weighted by atomic mass is 35.5. The molecular formula is C29H26ClFN2O5. The van der Waals surface area contributed by atoms with Crippen molar-refractivity contribution in [3.63, 3.8) is 0 Å². The van der Waals surface area contributed by atoms with Crippen LogP contribution in [0.3, 0.4) is 0 Å². The van der Waals surface area contributed by atoms with Crippen LogP contribution in [0.2, 0.25) is 5.02 Å². The van der Waals surface area contributed by atoms with Crippen LogP contribution in [0.25, 0.3) is 22.4 Å². The third kappa shape index (κ3) is 5.09. The van der Waals surface area contributed by atoms with E-state index in [1.807, 2.05) is 6.07 Å². The number of hydrogen-bond donors (Lipinski definition) is 1. The second-order valence-electron chi connectivity index (χ2n) is 9.33. The molecule has 0 spiro atoms. The Labute approximate surface area is 223 Å². The lowest BCUT2D eigenvalue weighted by molar-refractivity contribution is 0.0600. The molecule has 4 aromatic rings. The van der Waals surface area contributed by atoms with E-state index in [0.717, 1.165) is 31.2 Å². The highest BCUT2D eigenvalue weighted by molar-refractivity contribution is 6.31. The minimum absolute atomic E-state index is 0.0182. The molecule has 196 valence electrons. The smallest absolute Gasteiger partial charge is 0.337 e. The summed E-state index contributed by atoms with van der Waals surface area (Å²) in [5.41, 5.74) is 2.72. The fraction of sp³-hybridized carbons (Fsp3) is 0.276. The van der Waals surface area contributed by atoms with E-state index in [-0.39, 0.29) is 24.0 Å². The molecular weight excluding hydrogens is 511 g/mol. The van der Waals surface area contributed by atoms with Crippen molar-refractivity contribution in [2.24, 2.45) is 0 Å². The molecule has 38 heavy (non-hydrogen) atoms. The second-order valence-corrected chi connectivity index (χ2v) is 9.74. The van der Waals surface area contributed by atoms with E-state index in [1.54, 1.807) is 24.3 Å². The van der Waals surface area contributed by atoms with Crippen LogP contribution < -0.4 is 4.74 Å². The van der Waals surface area contributed by atoms with Crippen LogP contribution in [0, 0.1) is 5.82 Å². The van der Waals surface area contributed by atoms with E-state index in [0.29, 0.717) is 33.1 Å². The van der Waals surface area contributed by atoms with Gasteiger partial charge < -0.3 is 19.1 Å². The highest BCUT2D eigenvalue weighted by Gasteiger charge is 2.24. The topological polar surface area (TPSA) is 90.7 Å². The number of rotatable bonds is 7. The van der Waals surface area contributed by atoms with Crippen LogP contribution >= 0.6 is 11.6 Å². The molecule has 9 heteroatoms. The average molecular weight is 537 g/mol. The van der Waals surface area contributed by atoms with Crippen molar-refractivity contribution in [3.8, 4) is 17.1 Å². The molecule has 0 aliphatic heterocycles. The summed E-state index contributed by atoms with van der Waals surface area (Å²) in [4.78, 5) is 28.1. The third-order valence-electron chi connectivity index (χ3n) is 6.92. The lowest BCUT2D eigenvalue weighted by Gasteiger charge is -2.25. The fourth-order valence-electron chi connectivity index (χ4n) is 4.99. The first-order valence-electron chi connectivity index (χ1n) is 12.4. The van der Waals surface area contributed by atoms with Crippen LogP contribution in [0.1, 0.15) is 64.4 Å². The zero-order valence-corrected chi connectivity index (χ0v) is 21.5. The number of methoxy groups -OCH3 is 1. The lowest BCUT2D eigenvalue weighted by Crippen LogP contribution is -2.14. The first kappa shape index (κ1) is 25.7. The molecule has 5 rings (SSSR count). The van der Waals surface area contributed by atoms with Crippen LogP contribution in [0.15, 0.2) is 54.6 Å². The summed E-state index contributed by atoms with van der Waals surface area (Å²) in [6.07, 6.45) is 5.28.